The van der Waals surface area contributed by atoms with Gasteiger partial charge in [-0.15, -0.1) is 11.8 Å². The van der Waals surface area contributed by atoms with Gasteiger partial charge in [-0.05, 0) is 42.5 Å². The Morgan fingerprint density at radius 3 is 2.33 bits per heavy atom. The molecular formula is C19H23FN4O2S. The minimum Gasteiger partial charge on any atom is -0.326 e. The van der Waals surface area contributed by atoms with Crippen molar-refractivity contribution in [2.45, 2.75) is 11.8 Å². The van der Waals surface area contributed by atoms with Gasteiger partial charge in [0.2, 0.25) is 5.91 Å². The van der Waals surface area contributed by atoms with Crippen molar-refractivity contribution >= 4 is 35.1 Å². The molecule has 2 aromatic carbocycles. The fraction of sp³-hybridized carbons (Fsp3) is 0.263. The molecule has 0 heterocycles. The lowest BCUT2D eigenvalue weighted by atomic mass is 10.2. The number of carbonyl (C=O) groups excluding carboxylic acids is 2. The number of carbonyl (C=O) groups is 2. The van der Waals surface area contributed by atoms with E-state index in [1.54, 1.807) is 50.5 Å². The Balaban J connectivity index is 1.87. The predicted molar refractivity (Wildman–Crippen MR) is 107 cm³/mol. The van der Waals surface area contributed by atoms with Gasteiger partial charge in [0.1, 0.15) is 5.82 Å². The Morgan fingerprint density at radius 2 is 1.70 bits per heavy atom. The van der Waals surface area contributed by atoms with Crippen molar-refractivity contribution in [1.82, 2.24) is 10.4 Å². The Bertz CT molecular complexity index is 784. The highest BCUT2D eigenvalue weighted by Gasteiger charge is 2.14. The maximum atomic E-state index is 12.9. The summed E-state index contributed by atoms with van der Waals surface area (Å²) in [6, 6.07) is 12.7. The average Bonchev–Trinajstić information content (AvgIpc) is 2.60. The van der Waals surface area contributed by atoms with Gasteiger partial charge in [0.15, 0.2) is 0 Å². The molecule has 2 aromatic rings. The van der Waals surface area contributed by atoms with Crippen molar-refractivity contribution in [3.8, 4) is 0 Å². The average molecular weight is 390 g/mol. The number of nitrogens with zero attached hydrogens (tertiary/aromatic N) is 1. The molecule has 0 radical (unpaired) electrons. The van der Waals surface area contributed by atoms with E-state index >= 15 is 0 Å². The lowest BCUT2D eigenvalue weighted by Gasteiger charge is -2.15. The Labute approximate surface area is 162 Å². The fourth-order valence-corrected chi connectivity index (χ4v) is 3.05. The summed E-state index contributed by atoms with van der Waals surface area (Å²) in [5.74, 6) is -0.0770. The van der Waals surface area contributed by atoms with Crippen LogP contribution in [0.5, 0.6) is 0 Å². The van der Waals surface area contributed by atoms with Crippen molar-refractivity contribution in [3.05, 3.63) is 54.3 Å². The van der Waals surface area contributed by atoms with Crippen LogP contribution in [-0.4, -0.2) is 36.8 Å². The molecule has 2 rings (SSSR count). The number of halogens is 1. The van der Waals surface area contributed by atoms with Crippen LogP contribution in [0.4, 0.5) is 20.6 Å². The van der Waals surface area contributed by atoms with Crippen molar-refractivity contribution in [2.24, 2.45) is 5.92 Å². The standard InChI is InChI=1S/C19H23FN4O2S/c1-13(12-27-17-9-7-14(20)8-10-17)18(25)21-15-5-4-6-16(11-15)22-19(26)23-24(2)3/h4-11,13H,12H2,1-3H3,(H,21,25)(H2,22,23,26)/t13-/m0/s1. The Kier molecular flexibility index (Phi) is 7.63. The van der Waals surface area contributed by atoms with E-state index in [0.29, 0.717) is 17.1 Å². The monoisotopic (exact) mass is 390 g/mol. The van der Waals surface area contributed by atoms with Crippen LogP contribution < -0.4 is 16.1 Å². The Morgan fingerprint density at radius 1 is 1.07 bits per heavy atom. The van der Waals surface area contributed by atoms with Gasteiger partial charge in [0.05, 0.1) is 0 Å². The SMILES string of the molecule is C[C@@H](CSc1ccc(F)cc1)C(=O)Nc1cccc(NC(=O)NN(C)C)c1. The number of hydrogen-bond donors (Lipinski definition) is 3. The van der Waals surface area contributed by atoms with Crippen LogP contribution in [0.3, 0.4) is 0 Å². The van der Waals surface area contributed by atoms with Crippen LogP contribution in [0, 0.1) is 11.7 Å². The van der Waals surface area contributed by atoms with Crippen LogP contribution >= 0.6 is 11.8 Å². The maximum absolute atomic E-state index is 12.9. The van der Waals surface area contributed by atoms with Crippen molar-refractivity contribution in [2.75, 3.05) is 30.5 Å². The van der Waals surface area contributed by atoms with Gasteiger partial charge in [-0.2, -0.15) is 0 Å². The minimum atomic E-state index is -0.368. The molecule has 0 spiro atoms. The van der Waals surface area contributed by atoms with Crippen molar-refractivity contribution in [1.29, 1.82) is 0 Å². The zero-order valence-electron chi connectivity index (χ0n) is 15.5. The summed E-state index contributed by atoms with van der Waals surface area (Å²) in [5, 5.41) is 7.07. The molecule has 0 aromatic heterocycles. The molecule has 1 atom stereocenters. The van der Waals surface area contributed by atoms with Gasteiger partial charge in [-0.25, -0.2) is 14.2 Å². The lowest BCUT2D eigenvalue weighted by molar-refractivity contribution is -0.118. The summed E-state index contributed by atoms with van der Waals surface area (Å²) in [4.78, 5) is 25.0. The summed E-state index contributed by atoms with van der Waals surface area (Å²) >= 11 is 1.50. The maximum Gasteiger partial charge on any atom is 0.333 e. The second-order valence-electron chi connectivity index (χ2n) is 6.20. The molecular weight excluding hydrogens is 367 g/mol. The van der Waals surface area contributed by atoms with E-state index in [4.69, 9.17) is 0 Å². The molecule has 0 aliphatic rings. The summed E-state index contributed by atoms with van der Waals surface area (Å²) in [6.45, 7) is 1.83. The summed E-state index contributed by atoms with van der Waals surface area (Å²) < 4.78 is 12.9. The first-order chi connectivity index (χ1) is 12.8. The van der Waals surface area contributed by atoms with E-state index < -0.39 is 0 Å². The molecule has 0 unspecified atom stereocenters. The zero-order chi connectivity index (χ0) is 19.8. The van der Waals surface area contributed by atoms with Gasteiger partial charge in [-0.3, -0.25) is 10.2 Å². The molecule has 0 fully saturated rings. The van der Waals surface area contributed by atoms with Gasteiger partial charge >= 0.3 is 6.03 Å². The number of rotatable bonds is 7. The van der Waals surface area contributed by atoms with Gasteiger partial charge < -0.3 is 10.6 Å². The number of thioether (sulfide) groups is 1. The molecule has 0 aliphatic heterocycles. The summed E-state index contributed by atoms with van der Waals surface area (Å²) in [6.07, 6.45) is 0. The fourth-order valence-electron chi connectivity index (χ4n) is 2.13. The molecule has 0 saturated heterocycles. The highest BCUT2D eigenvalue weighted by molar-refractivity contribution is 7.99. The van der Waals surface area contributed by atoms with Gasteiger partial charge in [0, 0.05) is 42.0 Å². The van der Waals surface area contributed by atoms with Crippen molar-refractivity contribution < 1.29 is 14.0 Å². The number of anilines is 2. The number of hydrazine groups is 1. The molecule has 0 aliphatic carbocycles. The molecule has 0 bridgehead atoms. The molecule has 3 N–H and O–H groups in total. The molecule has 27 heavy (non-hydrogen) atoms. The minimum absolute atomic E-state index is 0.125. The summed E-state index contributed by atoms with van der Waals surface area (Å²) in [7, 11) is 3.42. The van der Waals surface area contributed by atoms with Crippen LogP contribution in [0.15, 0.2) is 53.4 Å². The van der Waals surface area contributed by atoms with E-state index in [0.717, 1.165) is 4.90 Å². The van der Waals surface area contributed by atoms with Crippen LogP contribution in [0.2, 0.25) is 0 Å². The third-order valence-electron chi connectivity index (χ3n) is 3.47. The zero-order valence-corrected chi connectivity index (χ0v) is 16.3. The molecule has 8 heteroatoms. The van der Waals surface area contributed by atoms with E-state index in [9.17, 15) is 14.0 Å². The van der Waals surface area contributed by atoms with Gasteiger partial charge in [-0.1, -0.05) is 13.0 Å². The second kappa shape index (κ2) is 9.94. The first-order valence-corrected chi connectivity index (χ1v) is 9.36. The van der Waals surface area contributed by atoms with Crippen LogP contribution in [0.25, 0.3) is 0 Å². The first kappa shape index (κ1) is 20.7. The lowest BCUT2D eigenvalue weighted by Crippen LogP contribution is -2.39. The number of nitrogens with one attached hydrogen (secondary N) is 3. The summed E-state index contributed by atoms with van der Waals surface area (Å²) in [5.41, 5.74) is 3.74. The largest absolute Gasteiger partial charge is 0.333 e. The third-order valence-corrected chi connectivity index (χ3v) is 4.75. The highest BCUT2D eigenvalue weighted by Crippen LogP contribution is 2.22. The number of amides is 3. The molecule has 144 valence electrons. The van der Waals surface area contributed by atoms with E-state index in [1.165, 1.54) is 28.9 Å². The quantitative estimate of drug-likeness (QED) is 0.497. The number of urea groups is 1. The molecule has 0 saturated carbocycles. The normalized spacial score (nSPS) is 11.7. The predicted octanol–water partition coefficient (Wildman–Crippen LogP) is 3.79. The van der Waals surface area contributed by atoms with Crippen molar-refractivity contribution in [3.63, 3.8) is 0 Å². The molecule has 6 nitrogen and oxygen atoms in total. The highest BCUT2D eigenvalue weighted by atomic mass is 32.2. The first-order valence-electron chi connectivity index (χ1n) is 8.38. The van der Waals surface area contributed by atoms with Crippen LogP contribution in [-0.2, 0) is 4.79 Å². The van der Waals surface area contributed by atoms with Gasteiger partial charge in [0.25, 0.3) is 0 Å². The van der Waals surface area contributed by atoms with E-state index in [2.05, 4.69) is 16.1 Å². The molecule has 3 amide bonds. The topological polar surface area (TPSA) is 73.5 Å². The number of benzene rings is 2. The van der Waals surface area contributed by atoms with Crippen LogP contribution in [0.1, 0.15) is 6.92 Å². The van der Waals surface area contributed by atoms with E-state index in [1.807, 2.05) is 6.92 Å². The third kappa shape index (κ3) is 7.28. The second-order valence-corrected chi connectivity index (χ2v) is 7.29. The van der Waals surface area contributed by atoms with E-state index in [-0.39, 0.29) is 23.7 Å². The number of hydrogen-bond acceptors (Lipinski definition) is 4. The Hall–Kier alpha value is -2.58. The smallest absolute Gasteiger partial charge is 0.326 e.